The Morgan fingerprint density at radius 1 is 1.28 bits per heavy atom. The van der Waals surface area contributed by atoms with Crippen molar-refractivity contribution in [2.24, 2.45) is 5.10 Å². The molecule has 0 aliphatic carbocycles. The van der Waals surface area contributed by atoms with E-state index in [0.29, 0.717) is 16.5 Å². The minimum absolute atomic E-state index is 0.00376. The smallest absolute Gasteiger partial charge is 0.310 e. The lowest BCUT2D eigenvalue weighted by atomic mass is 10.1. The van der Waals surface area contributed by atoms with Gasteiger partial charge in [0.05, 0.1) is 11.1 Å². The fourth-order valence-electron chi connectivity index (χ4n) is 2.40. The van der Waals surface area contributed by atoms with Gasteiger partial charge in [0.2, 0.25) is 0 Å². The summed E-state index contributed by atoms with van der Waals surface area (Å²) in [6, 6.07) is 14.8. The Balaban J connectivity index is 1.55. The normalized spacial score (nSPS) is 10.8. The molecule has 0 saturated heterocycles. The third-order valence-corrected chi connectivity index (χ3v) is 4.29. The highest BCUT2D eigenvalue weighted by atomic mass is 35.5. The molecule has 8 nitrogen and oxygen atoms in total. The molecule has 3 rings (SSSR count). The van der Waals surface area contributed by atoms with Gasteiger partial charge in [-0.3, -0.25) is 14.9 Å². The van der Waals surface area contributed by atoms with Crippen molar-refractivity contribution in [2.75, 3.05) is 6.61 Å². The van der Waals surface area contributed by atoms with Crippen molar-refractivity contribution in [3.63, 3.8) is 0 Å². The summed E-state index contributed by atoms with van der Waals surface area (Å²) in [4.78, 5) is 22.2. The summed E-state index contributed by atoms with van der Waals surface area (Å²) < 4.78 is 10.8. The van der Waals surface area contributed by atoms with E-state index in [-0.39, 0.29) is 11.4 Å². The van der Waals surface area contributed by atoms with Crippen molar-refractivity contribution >= 4 is 29.4 Å². The maximum Gasteiger partial charge on any atom is 0.310 e. The van der Waals surface area contributed by atoms with Gasteiger partial charge in [-0.25, -0.2) is 5.43 Å². The number of nitrogens with zero attached hydrogens (tertiary/aromatic N) is 2. The van der Waals surface area contributed by atoms with E-state index in [4.69, 9.17) is 20.8 Å². The number of furan rings is 1. The molecule has 1 N–H and O–H groups in total. The molecular weight excluding hydrogens is 398 g/mol. The molecule has 3 aromatic rings. The average Bonchev–Trinajstić information content (AvgIpc) is 3.17. The maximum atomic E-state index is 11.8. The molecular formula is C20H16ClN3O5. The van der Waals surface area contributed by atoms with Crippen LogP contribution in [-0.4, -0.2) is 23.7 Å². The van der Waals surface area contributed by atoms with Crippen LogP contribution in [0.4, 0.5) is 5.69 Å². The second-order valence-corrected chi connectivity index (χ2v) is 6.38. The van der Waals surface area contributed by atoms with Crippen molar-refractivity contribution in [1.29, 1.82) is 0 Å². The summed E-state index contributed by atoms with van der Waals surface area (Å²) in [6.07, 6.45) is 1.34. The van der Waals surface area contributed by atoms with Crippen LogP contribution in [0.5, 0.6) is 5.75 Å². The van der Waals surface area contributed by atoms with Crippen LogP contribution < -0.4 is 10.2 Å². The molecule has 1 amide bonds. The van der Waals surface area contributed by atoms with E-state index in [1.807, 2.05) is 19.1 Å². The topological polar surface area (TPSA) is 107 Å². The van der Waals surface area contributed by atoms with Gasteiger partial charge in [-0.2, -0.15) is 5.10 Å². The number of hydrogen-bond acceptors (Lipinski definition) is 6. The lowest BCUT2D eigenvalue weighted by Crippen LogP contribution is -2.24. The Bertz CT molecular complexity index is 1080. The monoisotopic (exact) mass is 413 g/mol. The van der Waals surface area contributed by atoms with Crippen LogP contribution in [0, 0.1) is 17.0 Å². The minimum atomic E-state index is -0.582. The molecule has 9 heteroatoms. The predicted molar refractivity (Wildman–Crippen MR) is 108 cm³/mol. The van der Waals surface area contributed by atoms with E-state index in [1.165, 1.54) is 24.4 Å². The Kier molecular flexibility index (Phi) is 6.25. The Hall–Kier alpha value is -3.65. The molecule has 0 bridgehead atoms. The van der Waals surface area contributed by atoms with Crippen LogP contribution >= 0.6 is 11.6 Å². The lowest BCUT2D eigenvalue weighted by molar-refractivity contribution is -0.385. The second kappa shape index (κ2) is 9.03. The van der Waals surface area contributed by atoms with Crippen LogP contribution in [0.1, 0.15) is 11.3 Å². The quantitative estimate of drug-likeness (QED) is 0.352. The molecule has 0 aliphatic rings. The van der Waals surface area contributed by atoms with Gasteiger partial charge in [0.1, 0.15) is 11.5 Å². The molecule has 29 heavy (non-hydrogen) atoms. The molecule has 0 atom stereocenters. The van der Waals surface area contributed by atoms with E-state index < -0.39 is 17.4 Å². The summed E-state index contributed by atoms with van der Waals surface area (Å²) in [6.45, 7) is 1.49. The number of amides is 1. The van der Waals surface area contributed by atoms with Gasteiger partial charge >= 0.3 is 5.69 Å². The molecule has 0 spiro atoms. The van der Waals surface area contributed by atoms with Crippen molar-refractivity contribution in [1.82, 2.24) is 5.43 Å². The van der Waals surface area contributed by atoms with Crippen LogP contribution in [0.15, 0.2) is 64.1 Å². The van der Waals surface area contributed by atoms with Gasteiger partial charge in [0.15, 0.2) is 12.4 Å². The first kappa shape index (κ1) is 20.1. The number of hydrazone groups is 1. The fraction of sp³-hybridized carbons (Fsp3) is 0.100. The van der Waals surface area contributed by atoms with Crippen molar-refractivity contribution in [3.05, 3.63) is 81.1 Å². The number of aryl methyl sites for hydroxylation is 1. The molecule has 0 saturated carbocycles. The van der Waals surface area contributed by atoms with E-state index in [9.17, 15) is 14.9 Å². The predicted octanol–water partition coefficient (Wildman–Crippen LogP) is 4.35. The van der Waals surface area contributed by atoms with Crippen molar-refractivity contribution in [3.8, 4) is 17.1 Å². The molecule has 148 valence electrons. The Labute approximate surface area is 170 Å². The largest absolute Gasteiger partial charge is 0.477 e. The molecule has 1 aromatic heterocycles. The highest BCUT2D eigenvalue weighted by molar-refractivity contribution is 6.31. The van der Waals surface area contributed by atoms with E-state index in [2.05, 4.69) is 10.5 Å². The first-order chi connectivity index (χ1) is 13.9. The molecule has 2 aromatic carbocycles. The fourth-order valence-corrected chi connectivity index (χ4v) is 2.58. The summed E-state index contributed by atoms with van der Waals surface area (Å²) in [5, 5.41) is 15.3. The van der Waals surface area contributed by atoms with Gasteiger partial charge in [-0.15, -0.1) is 0 Å². The number of para-hydroxylation sites is 2. The average molecular weight is 414 g/mol. The molecule has 1 heterocycles. The van der Waals surface area contributed by atoms with E-state index >= 15 is 0 Å². The second-order valence-electron chi connectivity index (χ2n) is 5.97. The van der Waals surface area contributed by atoms with Crippen molar-refractivity contribution < 1.29 is 18.9 Å². The van der Waals surface area contributed by atoms with E-state index in [1.54, 1.807) is 24.3 Å². The first-order valence-corrected chi connectivity index (χ1v) is 8.86. The number of nitrogens with one attached hydrogen (secondary N) is 1. The molecule has 0 radical (unpaired) electrons. The standard InChI is InChI=1S/C20H16ClN3O5/c1-13-6-7-14(10-16(13)21)18-9-8-15(29-18)11-22-23-20(25)12-28-19-5-3-2-4-17(19)24(26)27/h2-11H,12H2,1H3,(H,23,25)/b22-11-. The van der Waals surface area contributed by atoms with Gasteiger partial charge < -0.3 is 9.15 Å². The zero-order valence-corrected chi connectivity index (χ0v) is 16.1. The van der Waals surface area contributed by atoms with Gasteiger partial charge in [-0.1, -0.05) is 35.9 Å². The van der Waals surface area contributed by atoms with E-state index in [0.717, 1.165) is 11.1 Å². The zero-order chi connectivity index (χ0) is 20.8. The third kappa shape index (κ3) is 5.20. The van der Waals surface area contributed by atoms with Crippen LogP contribution in [0.25, 0.3) is 11.3 Å². The number of ether oxygens (including phenoxy) is 1. The van der Waals surface area contributed by atoms with Crippen LogP contribution in [0.3, 0.4) is 0 Å². The van der Waals surface area contributed by atoms with Crippen LogP contribution in [-0.2, 0) is 4.79 Å². The first-order valence-electron chi connectivity index (χ1n) is 8.48. The third-order valence-electron chi connectivity index (χ3n) is 3.88. The number of nitro groups is 1. The lowest BCUT2D eigenvalue weighted by Gasteiger charge is -2.05. The van der Waals surface area contributed by atoms with Gasteiger partial charge in [0.25, 0.3) is 5.91 Å². The van der Waals surface area contributed by atoms with Gasteiger partial charge in [-0.05, 0) is 36.8 Å². The van der Waals surface area contributed by atoms with Gasteiger partial charge in [0, 0.05) is 16.7 Å². The number of benzene rings is 2. The highest BCUT2D eigenvalue weighted by Gasteiger charge is 2.14. The number of carbonyl (C=O) groups excluding carboxylic acids is 1. The number of hydrogen-bond donors (Lipinski definition) is 1. The molecule has 0 fully saturated rings. The highest BCUT2D eigenvalue weighted by Crippen LogP contribution is 2.27. The summed E-state index contributed by atoms with van der Waals surface area (Å²) in [5.41, 5.74) is 3.84. The number of rotatable bonds is 7. The SMILES string of the molecule is Cc1ccc(-c2ccc(/C=N\NC(=O)COc3ccccc3[N+](=O)[O-])o2)cc1Cl. The minimum Gasteiger partial charge on any atom is -0.477 e. The summed E-state index contributed by atoms with van der Waals surface area (Å²) in [5.74, 6) is 0.469. The Morgan fingerprint density at radius 2 is 2.07 bits per heavy atom. The molecule has 0 aliphatic heterocycles. The Morgan fingerprint density at radius 3 is 2.83 bits per heavy atom. The van der Waals surface area contributed by atoms with Crippen molar-refractivity contribution in [2.45, 2.75) is 6.92 Å². The zero-order valence-electron chi connectivity index (χ0n) is 15.3. The van der Waals surface area contributed by atoms with Crippen LogP contribution in [0.2, 0.25) is 5.02 Å². The number of halogens is 1. The maximum absolute atomic E-state index is 11.8. The summed E-state index contributed by atoms with van der Waals surface area (Å²) in [7, 11) is 0. The molecule has 0 unspecified atom stereocenters. The number of nitro benzene ring substituents is 1. The summed E-state index contributed by atoms with van der Waals surface area (Å²) >= 11 is 6.13. The number of carbonyl (C=O) groups is 1.